The van der Waals surface area contributed by atoms with E-state index in [9.17, 15) is 12.8 Å². The van der Waals surface area contributed by atoms with Gasteiger partial charge in [-0.1, -0.05) is 0 Å². The average Bonchev–Trinajstić information content (AvgIpc) is 2.15. The predicted molar refractivity (Wildman–Crippen MR) is 61.4 cm³/mol. The summed E-state index contributed by atoms with van der Waals surface area (Å²) < 4.78 is 39.1. The number of sulfonamides is 1. The minimum atomic E-state index is -3.68. The van der Waals surface area contributed by atoms with E-state index in [0.717, 1.165) is 6.07 Å². The van der Waals surface area contributed by atoms with Crippen LogP contribution < -0.4 is 10.0 Å². The normalized spacial score (nSPS) is 11.8. The number of rotatable bonds is 4. The molecule has 2 N–H and O–H groups in total. The maximum Gasteiger partial charge on any atom is 0.242 e. The van der Waals surface area contributed by atoms with Crippen molar-refractivity contribution in [2.24, 2.45) is 0 Å². The molecule has 0 saturated carbocycles. The molecule has 1 aromatic carbocycles. The summed E-state index contributed by atoms with van der Waals surface area (Å²) in [5, 5.41) is 2.72. The van der Waals surface area contributed by atoms with Gasteiger partial charge in [0, 0.05) is 13.1 Å². The Morgan fingerprint density at radius 3 is 2.44 bits per heavy atom. The minimum Gasteiger partial charge on any atom is -0.387 e. The van der Waals surface area contributed by atoms with Gasteiger partial charge < -0.3 is 5.32 Å². The Bertz CT molecular complexity index is 472. The third-order valence-electron chi connectivity index (χ3n) is 1.89. The first kappa shape index (κ1) is 12.9. The van der Waals surface area contributed by atoms with Crippen LogP contribution in [0, 0.1) is 5.82 Å². The molecule has 0 atom stereocenters. The van der Waals surface area contributed by atoms with E-state index in [1.165, 1.54) is 12.1 Å². The molecule has 0 aliphatic heterocycles. The SMILES string of the molecule is CNc1ccc(F)cc1S(=O)(=O)NC(C)C. The van der Waals surface area contributed by atoms with E-state index < -0.39 is 15.8 Å². The van der Waals surface area contributed by atoms with E-state index in [1.807, 2.05) is 0 Å². The van der Waals surface area contributed by atoms with E-state index in [2.05, 4.69) is 10.0 Å². The molecular formula is C10H15FN2O2S. The summed E-state index contributed by atoms with van der Waals surface area (Å²) >= 11 is 0. The molecule has 0 heterocycles. The third-order valence-corrected chi connectivity index (χ3v) is 3.59. The highest BCUT2D eigenvalue weighted by atomic mass is 32.2. The van der Waals surface area contributed by atoms with Crippen LogP contribution in [0.3, 0.4) is 0 Å². The molecule has 0 aliphatic rings. The summed E-state index contributed by atoms with van der Waals surface area (Å²) in [5.74, 6) is -0.580. The molecule has 0 spiro atoms. The van der Waals surface area contributed by atoms with Gasteiger partial charge >= 0.3 is 0 Å². The molecule has 0 saturated heterocycles. The van der Waals surface area contributed by atoms with Crippen LogP contribution in [0.5, 0.6) is 0 Å². The van der Waals surface area contributed by atoms with Crippen LogP contribution >= 0.6 is 0 Å². The van der Waals surface area contributed by atoms with Gasteiger partial charge in [0.15, 0.2) is 0 Å². The Hall–Kier alpha value is -1.14. The second-order valence-corrected chi connectivity index (χ2v) is 5.35. The Labute approximate surface area is 94.9 Å². The molecule has 6 heteroatoms. The van der Waals surface area contributed by atoms with Crippen LogP contribution in [-0.4, -0.2) is 21.5 Å². The topological polar surface area (TPSA) is 58.2 Å². The van der Waals surface area contributed by atoms with Crippen molar-refractivity contribution in [1.29, 1.82) is 0 Å². The quantitative estimate of drug-likeness (QED) is 0.847. The van der Waals surface area contributed by atoms with Gasteiger partial charge in [0.2, 0.25) is 10.0 Å². The molecule has 0 aromatic heterocycles. The van der Waals surface area contributed by atoms with Crippen molar-refractivity contribution in [1.82, 2.24) is 4.72 Å². The summed E-state index contributed by atoms with van der Waals surface area (Å²) in [6.45, 7) is 3.41. The van der Waals surface area contributed by atoms with Crippen LogP contribution in [0.15, 0.2) is 23.1 Å². The monoisotopic (exact) mass is 246 g/mol. The molecule has 0 unspecified atom stereocenters. The molecule has 1 aromatic rings. The van der Waals surface area contributed by atoms with E-state index >= 15 is 0 Å². The van der Waals surface area contributed by atoms with Gasteiger partial charge in [0.1, 0.15) is 10.7 Å². The van der Waals surface area contributed by atoms with Gasteiger partial charge in [-0.2, -0.15) is 0 Å². The van der Waals surface area contributed by atoms with Crippen LogP contribution in [-0.2, 0) is 10.0 Å². The maximum atomic E-state index is 13.0. The number of halogens is 1. The standard InChI is InChI=1S/C10H15FN2O2S/c1-7(2)13-16(14,15)10-6-8(11)4-5-9(10)12-3/h4-7,12-13H,1-3H3. The number of benzene rings is 1. The lowest BCUT2D eigenvalue weighted by atomic mass is 10.3. The first-order chi connectivity index (χ1) is 7.36. The van der Waals surface area contributed by atoms with Crippen LogP contribution in [0.2, 0.25) is 0 Å². The highest BCUT2D eigenvalue weighted by Gasteiger charge is 2.19. The Morgan fingerprint density at radius 2 is 1.94 bits per heavy atom. The summed E-state index contributed by atoms with van der Waals surface area (Å²) in [5.41, 5.74) is 0.370. The minimum absolute atomic E-state index is 0.0799. The number of hydrogen-bond acceptors (Lipinski definition) is 3. The van der Waals surface area contributed by atoms with Crippen molar-refractivity contribution in [3.8, 4) is 0 Å². The molecule has 90 valence electrons. The van der Waals surface area contributed by atoms with E-state index in [1.54, 1.807) is 20.9 Å². The van der Waals surface area contributed by atoms with Gasteiger partial charge in [-0.3, -0.25) is 0 Å². The highest BCUT2D eigenvalue weighted by Crippen LogP contribution is 2.21. The maximum absolute atomic E-state index is 13.0. The van der Waals surface area contributed by atoms with E-state index in [4.69, 9.17) is 0 Å². The Morgan fingerprint density at radius 1 is 1.31 bits per heavy atom. The molecule has 0 amide bonds. The van der Waals surface area contributed by atoms with E-state index in [-0.39, 0.29) is 10.9 Å². The number of nitrogens with one attached hydrogen (secondary N) is 2. The zero-order chi connectivity index (χ0) is 12.3. The zero-order valence-electron chi connectivity index (χ0n) is 9.41. The second kappa shape index (κ2) is 4.80. The second-order valence-electron chi connectivity index (χ2n) is 3.67. The van der Waals surface area contributed by atoms with Crippen LogP contribution in [0.4, 0.5) is 10.1 Å². The molecule has 1 rings (SSSR count). The molecular weight excluding hydrogens is 231 g/mol. The van der Waals surface area contributed by atoms with Crippen molar-refractivity contribution < 1.29 is 12.8 Å². The van der Waals surface area contributed by atoms with Crippen molar-refractivity contribution in [3.05, 3.63) is 24.0 Å². The smallest absolute Gasteiger partial charge is 0.242 e. The van der Waals surface area contributed by atoms with Crippen molar-refractivity contribution in [3.63, 3.8) is 0 Å². The van der Waals surface area contributed by atoms with E-state index in [0.29, 0.717) is 5.69 Å². The molecule has 4 nitrogen and oxygen atoms in total. The predicted octanol–water partition coefficient (Wildman–Crippen LogP) is 1.55. The lowest BCUT2D eigenvalue weighted by molar-refractivity contribution is 0.567. The molecule has 0 fully saturated rings. The first-order valence-corrected chi connectivity index (χ1v) is 6.35. The lowest BCUT2D eigenvalue weighted by Gasteiger charge is -2.13. The molecule has 0 radical (unpaired) electrons. The zero-order valence-corrected chi connectivity index (χ0v) is 10.2. The first-order valence-electron chi connectivity index (χ1n) is 4.86. The summed E-state index contributed by atoms with van der Waals surface area (Å²) in [6.07, 6.45) is 0. The molecule has 0 aliphatic carbocycles. The van der Waals surface area contributed by atoms with Crippen LogP contribution in [0.1, 0.15) is 13.8 Å². The van der Waals surface area contributed by atoms with Gasteiger partial charge in [0.25, 0.3) is 0 Å². The van der Waals surface area contributed by atoms with Gasteiger partial charge in [-0.25, -0.2) is 17.5 Å². The molecule has 16 heavy (non-hydrogen) atoms. The number of hydrogen-bond donors (Lipinski definition) is 2. The summed E-state index contributed by atoms with van der Waals surface area (Å²) in [6, 6.07) is 3.36. The summed E-state index contributed by atoms with van der Waals surface area (Å²) in [7, 11) is -2.09. The van der Waals surface area contributed by atoms with Gasteiger partial charge in [-0.05, 0) is 32.0 Å². The largest absolute Gasteiger partial charge is 0.387 e. The average molecular weight is 246 g/mol. The fourth-order valence-electron chi connectivity index (χ4n) is 1.30. The third kappa shape index (κ3) is 2.93. The Balaban J connectivity index is 3.25. The Kier molecular flexibility index (Phi) is 3.88. The van der Waals surface area contributed by atoms with Crippen molar-refractivity contribution in [2.75, 3.05) is 12.4 Å². The fraction of sp³-hybridized carbons (Fsp3) is 0.400. The van der Waals surface area contributed by atoms with Gasteiger partial charge in [-0.15, -0.1) is 0 Å². The summed E-state index contributed by atoms with van der Waals surface area (Å²) in [4.78, 5) is -0.0799. The highest BCUT2D eigenvalue weighted by molar-refractivity contribution is 7.89. The van der Waals surface area contributed by atoms with Gasteiger partial charge in [0.05, 0.1) is 5.69 Å². The van der Waals surface area contributed by atoms with Crippen LogP contribution in [0.25, 0.3) is 0 Å². The van der Waals surface area contributed by atoms with Crippen molar-refractivity contribution in [2.45, 2.75) is 24.8 Å². The lowest BCUT2D eigenvalue weighted by Crippen LogP contribution is -2.30. The van der Waals surface area contributed by atoms with Crippen molar-refractivity contribution >= 4 is 15.7 Å². The molecule has 0 bridgehead atoms. The fourth-order valence-corrected chi connectivity index (χ4v) is 2.77. The number of anilines is 1.